The third-order valence-corrected chi connectivity index (χ3v) is 5.41. The molecule has 0 unspecified atom stereocenters. The smallest absolute Gasteiger partial charge is 0.211 e. The molecule has 0 bridgehead atoms. The van der Waals surface area contributed by atoms with Crippen molar-refractivity contribution >= 4 is 34.2 Å². The first-order chi connectivity index (χ1) is 14.8. The summed E-state index contributed by atoms with van der Waals surface area (Å²) in [6.07, 6.45) is 5.29. The van der Waals surface area contributed by atoms with Gasteiger partial charge in [0.25, 0.3) is 0 Å². The van der Waals surface area contributed by atoms with E-state index in [0.29, 0.717) is 0 Å². The fraction of sp³-hybridized carbons (Fsp3) is 0.0417. The van der Waals surface area contributed by atoms with Gasteiger partial charge in [0.15, 0.2) is 5.76 Å². The lowest BCUT2D eigenvalue weighted by molar-refractivity contribution is 0.622. The zero-order chi connectivity index (χ0) is 20.3. The van der Waals surface area contributed by atoms with Crippen molar-refractivity contribution in [1.82, 2.24) is 9.66 Å². The van der Waals surface area contributed by atoms with Crippen LogP contribution in [-0.2, 0) is 0 Å². The second kappa shape index (κ2) is 7.93. The molecule has 5 rings (SSSR count). The van der Waals surface area contributed by atoms with Crippen LogP contribution in [0.1, 0.15) is 11.1 Å². The van der Waals surface area contributed by atoms with Gasteiger partial charge in [0.2, 0.25) is 4.80 Å². The van der Waals surface area contributed by atoms with E-state index < -0.39 is 0 Å². The van der Waals surface area contributed by atoms with Gasteiger partial charge in [-0.25, -0.2) is 9.67 Å². The van der Waals surface area contributed by atoms with Crippen LogP contribution in [0.5, 0.6) is 0 Å². The molecule has 0 radical (unpaired) electrons. The summed E-state index contributed by atoms with van der Waals surface area (Å²) in [6.45, 7) is 2.06. The van der Waals surface area contributed by atoms with Crippen LogP contribution >= 0.6 is 11.3 Å². The number of benzene rings is 2. The van der Waals surface area contributed by atoms with Gasteiger partial charge in [-0.1, -0.05) is 36.4 Å². The molecule has 0 fully saturated rings. The highest BCUT2D eigenvalue weighted by Gasteiger charge is 2.13. The van der Waals surface area contributed by atoms with Crippen molar-refractivity contribution in [2.75, 3.05) is 0 Å². The van der Waals surface area contributed by atoms with Crippen molar-refractivity contribution in [3.05, 3.63) is 100 Å². The predicted molar refractivity (Wildman–Crippen MR) is 121 cm³/mol. The molecule has 30 heavy (non-hydrogen) atoms. The maximum atomic E-state index is 6.09. The summed E-state index contributed by atoms with van der Waals surface area (Å²) in [5.41, 5.74) is 4.66. The second-order valence-electron chi connectivity index (χ2n) is 6.85. The van der Waals surface area contributed by atoms with E-state index in [4.69, 9.17) is 14.5 Å². The number of hydrogen-bond donors (Lipinski definition) is 0. The molecule has 3 heterocycles. The van der Waals surface area contributed by atoms with Crippen LogP contribution in [-0.4, -0.2) is 15.9 Å². The Balaban J connectivity index is 1.67. The van der Waals surface area contributed by atoms with Gasteiger partial charge in [-0.05, 0) is 42.8 Å². The first kappa shape index (κ1) is 18.3. The zero-order valence-corrected chi connectivity index (χ0v) is 17.1. The second-order valence-corrected chi connectivity index (χ2v) is 7.68. The summed E-state index contributed by atoms with van der Waals surface area (Å²) in [4.78, 5) is 9.74. The standard InChI is InChI=1S/C24H18N4OS/c1-17-6-4-9-20(12-17)27-24-28(26-15-18-7-5-11-25-14-18)21(16-30-24)23-13-19-8-2-3-10-22(19)29-23/h2-16H,1H3. The number of nitrogens with zero attached hydrogens (tertiary/aromatic N) is 4. The number of pyridine rings is 1. The Hall–Kier alpha value is -3.77. The third-order valence-electron chi connectivity index (χ3n) is 4.60. The Kier molecular flexibility index (Phi) is 4.83. The van der Waals surface area contributed by atoms with E-state index in [1.54, 1.807) is 18.6 Å². The fourth-order valence-electron chi connectivity index (χ4n) is 3.15. The number of fused-ring (bicyclic) bond motifs is 1. The molecule has 0 spiro atoms. The Bertz CT molecular complexity index is 1380. The summed E-state index contributed by atoms with van der Waals surface area (Å²) < 4.78 is 7.90. The van der Waals surface area contributed by atoms with Crippen LogP contribution in [0.2, 0.25) is 0 Å². The molecular weight excluding hydrogens is 392 g/mol. The van der Waals surface area contributed by atoms with Crippen molar-refractivity contribution in [2.24, 2.45) is 10.1 Å². The topological polar surface area (TPSA) is 55.7 Å². The molecule has 3 aromatic heterocycles. The number of furan rings is 1. The van der Waals surface area contributed by atoms with Gasteiger partial charge in [-0.15, -0.1) is 11.3 Å². The highest BCUT2D eigenvalue weighted by atomic mass is 32.1. The number of aryl methyl sites for hydroxylation is 1. The number of para-hydroxylation sites is 1. The molecule has 0 saturated carbocycles. The Morgan fingerprint density at radius 1 is 1.03 bits per heavy atom. The SMILES string of the molecule is Cc1cccc(N=c2scc(-c3cc4ccccc4o3)n2N=Cc2cccnc2)c1. The molecule has 0 saturated heterocycles. The van der Waals surface area contributed by atoms with Gasteiger partial charge < -0.3 is 4.42 Å². The highest BCUT2D eigenvalue weighted by Crippen LogP contribution is 2.28. The normalized spacial score (nSPS) is 12.2. The number of rotatable bonds is 4. The lowest BCUT2D eigenvalue weighted by atomic mass is 10.2. The molecule has 5 nitrogen and oxygen atoms in total. The lowest BCUT2D eigenvalue weighted by Crippen LogP contribution is -2.11. The largest absolute Gasteiger partial charge is 0.454 e. The molecule has 146 valence electrons. The van der Waals surface area contributed by atoms with Gasteiger partial charge in [-0.2, -0.15) is 5.10 Å². The van der Waals surface area contributed by atoms with Crippen molar-refractivity contribution in [1.29, 1.82) is 0 Å². The van der Waals surface area contributed by atoms with E-state index >= 15 is 0 Å². The van der Waals surface area contributed by atoms with Gasteiger partial charge in [0, 0.05) is 28.7 Å². The minimum Gasteiger partial charge on any atom is -0.454 e. The van der Waals surface area contributed by atoms with Crippen molar-refractivity contribution in [3.8, 4) is 11.5 Å². The Morgan fingerprint density at radius 3 is 2.80 bits per heavy atom. The summed E-state index contributed by atoms with van der Waals surface area (Å²) in [5.74, 6) is 0.751. The van der Waals surface area contributed by atoms with Crippen LogP contribution in [0.15, 0.2) is 99.0 Å². The number of aromatic nitrogens is 2. The lowest BCUT2D eigenvalue weighted by Gasteiger charge is -2.01. The monoisotopic (exact) mass is 410 g/mol. The summed E-state index contributed by atoms with van der Waals surface area (Å²) in [5, 5.41) is 7.78. The molecule has 0 N–H and O–H groups in total. The Labute approximate surface area is 177 Å². The van der Waals surface area contributed by atoms with Crippen molar-refractivity contribution < 1.29 is 4.42 Å². The molecule has 0 aliphatic heterocycles. The first-order valence-corrected chi connectivity index (χ1v) is 10.4. The minimum atomic E-state index is 0.751. The number of thiazole rings is 1. The van der Waals surface area contributed by atoms with Gasteiger partial charge in [0.05, 0.1) is 11.9 Å². The fourth-order valence-corrected chi connectivity index (χ4v) is 3.99. The Morgan fingerprint density at radius 2 is 1.97 bits per heavy atom. The zero-order valence-electron chi connectivity index (χ0n) is 16.3. The third kappa shape index (κ3) is 3.73. The van der Waals surface area contributed by atoms with E-state index in [1.807, 2.05) is 64.7 Å². The van der Waals surface area contributed by atoms with Gasteiger partial charge in [0.1, 0.15) is 11.3 Å². The summed E-state index contributed by atoms with van der Waals surface area (Å²) in [6, 6.07) is 22.0. The minimum absolute atomic E-state index is 0.751. The molecule has 6 heteroatoms. The molecule has 0 atom stereocenters. The summed E-state index contributed by atoms with van der Waals surface area (Å²) >= 11 is 1.52. The van der Waals surface area contributed by atoms with E-state index in [9.17, 15) is 0 Å². The van der Waals surface area contributed by atoms with Crippen LogP contribution in [0.4, 0.5) is 5.69 Å². The molecular formula is C24H18N4OS. The van der Waals surface area contributed by atoms with Crippen LogP contribution in [0, 0.1) is 6.92 Å². The van der Waals surface area contributed by atoms with Crippen LogP contribution in [0.25, 0.3) is 22.4 Å². The van der Waals surface area contributed by atoms with Crippen LogP contribution in [0.3, 0.4) is 0 Å². The average molecular weight is 411 g/mol. The molecule has 0 aliphatic carbocycles. The molecule has 5 aromatic rings. The van der Waals surface area contributed by atoms with Gasteiger partial charge in [-0.3, -0.25) is 4.98 Å². The molecule has 2 aromatic carbocycles. The van der Waals surface area contributed by atoms with Gasteiger partial charge >= 0.3 is 0 Å². The average Bonchev–Trinajstić information content (AvgIpc) is 3.37. The van der Waals surface area contributed by atoms with E-state index in [2.05, 4.69) is 24.0 Å². The van der Waals surface area contributed by atoms with Crippen molar-refractivity contribution in [2.45, 2.75) is 6.92 Å². The maximum Gasteiger partial charge on any atom is 0.211 e. The van der Waals surface area contributed by atoms with Crippen molar-refractivity contribution in [3.63, 3.8) is 0 Å². The van der Waals surface area contributed by atoms with Crippen LogP contribution < -0.4 is 4.80 Å². The van der Waals surface area contributed by atoms with E-state index in [0.717, 1.165) is 44.0 Å². The predicted octanol–water partition coefficient (Wildman–Crippen LogP) is 5.78. The molecule has 0 amide bonds. The number of hydrogen-bond acceptors (Lipinski definition) is 5. The quantitative estimate of drug-likeness (QED) is 0.353. The first-order valence-electron chi connectivity index (χ1n) is 9.51. The molecule has 0 aliphatic rings. The highest BCUT2D eigenvalue weighted by molar-refractivity contribution is 7.07. The summed E-state index contributed by atoms with van der Waals surface area (Å²) in [7, 11) is 0. The van der Waals surface area contributed by atoms with E-state index in [1.165, 1.54) is 11.3 Å². The van der Waals surface area contributed by atoms with E-state index in [-0.39, 0.29) is 0 Å². The maximum absolute atomic E-state index is 6.09.